The average molecular weight is 435 g/mol. The highest BCUT2D eigenvalue weighted by molar-refractivity contribution is 8.18. The van der Waals surface area contributed by atoms with Crippen molar-refractivity contribution in [1.29, 1.82) is 0 Å². The number of methoxy groups -OCH3 is 1. The van der Waals surface area contributed by atoms with Crippen LogP contribution in [-0.2, 0) is 9.53 Å². The molecule has 31 heavy (non-hydrogen) atoms. The molecule has 160 valence electrons. The van der Waals surface area contributed by atoms with Gasteiger partial charge in [0.2, 0.25) is 0 Å². The van der Waals surface area contributed by atoms with Crippen LogP contribution >= 0.6 is 11.8 Å². The molecular formula is C25H26N2O3S. The molecule has 0 unspecified atom stereocenters. The lowest BCUT2D eigenvalue weighted by molar-refractivity contribution is -0.124. The van der Waals surface area contributed by atoms with Crippen molar-refractivity contribution in [2.45, 2.75) is 38.6 Å². The zero-order chi connectivity index (χ0) is 21.8. The number of hydrogen-bond acceptors (Lipinski definition) is 5. The Labute approximate surface area is 187 Å². The fraction of sp³-hybridized carbons (Fsp3) is 0.320. The quantitative estimate of drug-likeness (QED) is 0.460. The molecule has 2 aromatic rings. The number of aliphatic imine (C=N–C) groups is 1. The molecule has 4 rings (SSSR count). The molecule has 1 aliphatic heterocycles. The van der Waals surface area contributed by atoms with Crippen LogP contribution in [0.25, 0.3) is 6.08 Å². The summed E-state index contributed by atoms with van der Waals surface area (Å²) in [4.78, 5) is 32.5. The van der Waals surface area contributed by atoms with Gasteiger partial charge < -0.3 is 4.74 Å². The Kier molecular flexibility index (Phi) is 6.56. The third-order valence-corrected chi connectivity index (χ3v) is 6.83. The number of benzene rings is 2. The highest BCUT2D eigenvalue weighted by Gasteiger charge is 2.41. The van der Waals surface area contributed by atoms with Crippen molar-refractivity contribution in [3.8, 4) is 0 Å². The van der Waals surface area contributed by atoms with Crippen molar-refractivity contribution in [2.75, 3.05) is 7.11 Å². The molecule has 0 bridgehead atoms. The van der Waals surface area contributed by atoms with E-state index >= 15 is 0 Å². The number of hydrogen-bond donors (Lipinski definition) is 0. The molecule has 0 radical (unpaired) electrons. The zero-order valence-electron chi connectivity index (χ0n) is 17.8. The van der Waals surface area contributed by atoms with Crippen LogP contribution in [0.2, 0.25) is 0 Å². The van der Waals surface area contributed by atoms with E-state index < -0.39 is 0 Å². The number of nitrogens with zero attached hydrogens (tertiary/aromatic N) is 2. The summed E-state index contributed by atoms with van der Waals surface area (Å²) in [5.74, 6) is 0.0775. The molecule has 1 saturated carbocycles. The number of ether oxygens (including phenoxy) is 1. The van der Waals surface area contributed by atoms with E-state index in [4.69, 9.17) is 9.73 Å². The molecule has 0 N–H and O–H groups in total. The average Bonchev–Trinajstić information content (AvgIpc) is 3.09. The lowest BCUT2D eigenvalue weighted by Crippen LogP contribution is -2.44. The first kappa shape index (κ1) is 21.4. The minimum atomic E-state index is -0.375. The molecule has 2 fully saturated rings. The van der Waals surface area contributed by atoms with Crippen LogP contribution in [0.15, 0.2) is 64.5 Å². The zero-order valence-corrected chi connectivity index (χ0v) is 18.6. The second kappa shape index (κ2) is 9.52. The topological polar surface area (TPSA) is 59.0 Å². The number of amides is 1. The maximum absolute atomic E-state index is 13.5. The number of thioether (sulfide) groups is 1. The minimum absolute atomic E-state index is 0.00970. The number of rotatable bonds is 4. The summed E-state index contributed by atoms with van der Waals surface area (Å²) in [5, 5.41) is 0.743. The summed E-state index contributed by atoms with van der Waals surface area (Å²) >= 11 is 1.42. The molecule has 0 spiro atoms. The van der Waals surface area contributed by atoms with Gasteiger partial charge in [-0.3, -0.25) is 9.69 Å². The van der Waals surface area contributed by atoms with Gasteiger partial charge in [-0.25, -0.2) is 9.79 Å². The van der Waals surface area contributed by atoms with Crippen LogP contribution in [0, 0.1) is 5.92 Å². The Hall–Kier alpha value is -2.86. The number of amidine groups is 1. The summed E-state index contributed by atoms with van der Waals surface area (Å²) in [7, 11) is 1.36. The van der Waals surface area contributed by atoms with Crippen molar-refractivity contribution < 1.29 is 14.3 Å². The predicted molar refractivity (Wildman–Crippen MR) is 125 cm³/mol. The molecule has 2 aromatic carbocycles. The molecule has 1 aliphatic carbocycles. The Bertz CT molecular complexity index is 1010. The highest BCUT2D eigenvalue weighted by atomic mass is 32.2. The predicted octanol–water partition coefficient (Wildman–Crippen LogP) is 5.66. The Morgan fingerprint density at radius 2 is 1.81 bits per heavy atom. The van der Waals surface area contributed by atoms with Gasteiger partial charge in [0.15, 0.2) is 5.17 Å². The van der Waals surface area contributed by atoms with Crippen LogP contribution in [0.3, 0.4) is 0 Å². The summed E-state index contributed by atoms with van der Waals surface area (Å²) < 4.78 is 4.75. The number of para-hydroxylation sites is 1. The maximum Gasteiger partial charge on any atom is 0.337 e. The van der Waals surface area contributed by atoms with Crippen molar-refractivity contribution in [3.05, 3.63) is 70.6 Å². The first-order valence-electron chi connectivity index (χ1n) is 10.6. The van der Waals surface area contributed by atoms with Crippen molar-refractivity contribution in [1.82, 2.24) is 4.90 Å². The maximum atomic E-state index is 13.5. The fourth-order valence-corrected chi connectivity index (χ4v) is 5.18. The third kappa shape index (κ3) is 4.74. The van der Waals surface area contributed by atoms with E-state index in [0.29, 0.717) is 16.4 Å². The second-order valence-corrected chi connectivity index (χ2v) is 8.97. The van der Waals surface area contributed by atoms with Gasteiger partial charge in [-0.1, -0.05) is 50.1 Å². The molecule has 2 aliphatic rings. The molecule has 1 heterocycles. The molecule has 2 atom stereocenters. The summed E-state index contributed by atoms with van der Waals surface area (Å²) in [6.07, 6.45) is 6.36. The van der Waals surface area contributed by atoms with Crippen LogP contribution in [0.4, 0.5) is 5.69 Å². The Morgan fingerprint density at radius 3 is 2.48 bits per heavy atom. The smallest absolute Gasteiger partial charge is 0.337 e. The van der Waals surface area contributed by atoms with E-state index in [9.17, 15) is 9.59 Å². The summed E-state index contributed by atoms with van der Waals surface area (Å²) in [6.45, 7) is 2.23. The molecule has 1 saturated heterocycles. The lowest BCUT2D eigenvalue weighted by Gasteiger charge is -2.35. The summed E-state index contributed by atoms with van der Waals surface area (Å²) in [6, 6.07) is 17.0. The van der Waals surface area contributed by atoms with Gasteiger partial charge in [-0.15, -0.1) is 0 Å². The van der Waals surface area contributed by atoms with Crippen molar-refractivity contribution in [3.63, 3.8) is 0 Å². The normalized spacial score (nSPS) is 24.1. The van der Waals surface area contributed by atoms with Crippen LogP contribution in [-0.4, -0.2) is 35.1 Å². The Balaban J connectivity index is 1.67. The molecular weight excluding hydrogens is 408 g/mol. The van der Waals surface area contributed by atoms with E-state index in [0.717, 1.165) is 35.7 Å². The first-order valence-corrected chi connectivity index (χ1v) is 11.4. The SMILES string of the molecule is COC(=O)c1ccc(/C=C2\SC(=Nc3ccccc3)N([C@H]3CCCC[C@@H]3C)C2=O)cc1. The van der Waals surface area contributed by atoms with E-state index in [-0.39, 0.29) is 17.9 Å². The number of esters is 1. The second-order valence-electron chi connectivity index (χ2n) is 7.96. The Morgan fingerprint density at radius 1 is 1.10 bits per heavy atom. The molecule has 0 aromatic heterocycles. The molecule has 1 amide bonds. The van der Waals surface area contributed by atoms with E-state index in [1.807, 2.05) is 53.4 Å². The van der Waals surface area contributed by atoms with Crippen molar-refractivity contribution in [2.24, 2.45) is 10.9 Å². The molecule has 5 nitrogen and oxygen atoms in total. The van der Waals surface area contributed by atoms with E-state index in [2.05, 4.69) is 6.92 Å². The van der Waals surface area contributed by atoms with Crippen LogP contribution in [0.5, 0.6) is 0 Å². The molecule has 6 heteroatoms. The minimum Gasteiger partial charge on any atom is -0.465 e. The van der Waals surface area contributed by atoms with Gasteiger partial charge in [0.05, 0.1) is 23.3 Å². The number of carbonyl (C=O) groups is 2. The lowest BCUT2D eigenvalue weighted by atomic mass is 9.85. The van der Waals surface area contributed by atoms with E-state index in [1.165, 1.54) is 25.3 Å². The van der Waals surface area contributed by atoms with E-state index in [1.54, 1.807) is 12.1 Å². The van der Waals surface area contributed by atoms with Gasteiger partial charge in [0.25, 0.3) is 5.91 Å². The fourth-order valence-electron chi connectivity index (χ4n) is 4.14. The standard InChI is InChI=1S/C25H26N2O3S/c1-17-8-6-7-11-21(17)27-23(28)22(31-25(27)26-20-9-4-3-5-10-20)16-18-12-14-19(15-13-18)24(29)30-2/h3-5,9-10,12-17,21H,6-8,11H2,1-2H3/b22-16-,26-25?/t17-,21-/m0/s1. The van der Waals surface area contributed by atoms with Crippen molar-refractivity contribution >= 4 is 40.6 Å². The first-order chi connectivity index (χ1) is 15.1. The largest absolute Gasteiger partial charge is 0.465 e. The van der Waals surface area contributed by atoms with Crippen LogP contribution in [0.1, 0.15) is 48.5 Å². The van der Waals surface area contributed by atoms with Gasteiger partial charge in [-0.2, -0.15) is 0 Å². The van der Waals surface area contributed by atoms with Gasteiger partial charge in [0.1, 0.15) is 0 Å². The monoisotopic (exact) mass is 434 g/mol. The van der Waals surface area contributed by atoms with Gasteiger partial charge in [-0.05, 0) is 66.4 Å². The van der Waals surface area contributed by atoms with Gasteiger partial charge >= 0.3 is 5.97 Å². The third-order valence-electron chi connectivity index (χ3n) is 5.85. The summed E-state index contributed by atoms with van der Waals surface area (Å²) in [5.41, 5.74) is 2.19. The van der Waals surface area contributed by atoms with Crippen LogP contribution < -0.4 is 0 Å². The number of carbonyl (C=O) groups excluding carboxylic acids is 2. The van der Waals surface area contributed by atoms with Gasteiger partial charge in [0, 0.05) is 6.04 Å². The highest BCUT2D eigenvalue weighted by Crippen LogP contribution is 2.40.